The monoisotopic (exact) mass is 273 g/mol. The summed E-state index contributed by atoms with van der Waals surface area (Å²) in [4.78, 5) is 9.04. The molecule has 1 aromatic heterocycles. The number of rotatable bonds is 5. The maximum absolute atomic E-state index is 13.3. The molecule has 0 unspecified atom stereocenters. The third kappa shape index (κ3) is 3.39. The predicted octanol–water partition coefficient (Wildman–Crippen LogP) is 3.05. The standard InChI is InChI=1S/C16H20FN3/c1-4-18-9-8-15-11(2)19-16(20-12(15)3)13-6-5-7-14(17)10-13/h5-7,10,18H,4,8-9H2,1-3H3. The van der Waals surface area contributed by atoms with Crippen molar-refractivity contribution in [1.82, 2.24) is 15.3 Å². The summed E-state index contributed by atoms with van der Waals surface area (Å²) in [6.07, 6.45) is 0.912. The number of nitrogens with zero attached hydrogens (tertiary/aromatic N) is 2. The minimum atomic E-state index is -0.266. The Labute approximate surface area is 119 Å². The molecule has 3 nitrogen and oxygen atoms in total. The predicted molar refractivity (Wildman–Crippen MR) is 79.1 cm³/mol. The van der Waals surface area contributed by atoms with Crippen LogP contribution in [0.3, 0.4) is 0 Å². The van der Waals surface area contributed by atoms with E-state index >= 15 is 0 Å². The third-order valence-corrected chi connectivity index (χ3v) is 3.31. The molecule has 1 N–H and O–H groups in total. The normalized spacial score (nSPS) is 10.8. The number of nitrogens with one attached hydrogen (secondary N) is 1. The molecule has 1 heterocycles. The SMILES string of the molecule is CCNCCc1c(C)nc(-c2cccc(F)c2)nc1C. The molecular weight excluding hydrogens is 253 g/mol. The van der Waals surface area contributed by atoms with Crippen LogP contribution in [0.5, 0.6) is 0 Å². The van der Waals surface area contributed by atoms with E-state index < -0.39 is 0 Å². The number of benzene rings is 1. The smallest absolute Gasteiger partial charge is 0.159 e. The fourth-order valence-electron chi connectivity index (χ4n) is 2.25. The molecule has 2 aromatic rings. The summed E-state index contributed by atoms with van der Waals surface area (Å²) in [5.41, 5.74) is 3.82. The Bertz CT molecular complexity index is 573. The lowest BCUT2D eigenvalue weighted by Gasteiger charge is -2.11. The summed E-state index contributed by atoms with van der Waals surface area (Å²) >= 11 is 0. The average molecular weight is 273 g/mol. The first-order valence-corrected chi connectivity index (χ1v) is 6.92. The number of aryl methyl sites for hydroxylation is 2. The van der Waals surface area contributed by atoms with E-state index in [4.69, 9.17) is 0 Å². The maximum Gasteiger partial charge on any atom is 0.159 e. The fraction of sp³-hybridized carbons (Fsp3) is 0.375. The van der Waals surface area contributed by atoms with Gasteiger partial charge in [-0.3, -0.25) is 0 Å². The summed E-state index contributed by atoms with van der Waals surface area (Å²) in [7, 11) is 0. The highest BCUT2D eigenvalue weighted by Crippen LogP contribution is 2.19. The van der Waals surface area contributed by atoms with Crippen LogP contribution in [0.15, 0.2) is 24.3 Å². The topological polar surface area (TPSA) is 37.8 Å². The quantitative estimate of drug-likeness (QED) is 0.851. The number of aromatic nitrogens is 2. The zero-order valence-corrected chi connectivity index (χ0v) is 12.2. The number of likely N-dealkylation sites (N-methyl/N-ethyl adjacent to an activating group) is 1. The van der Waals surface area contributed by atoms with E-state index in [1.54, 1.807) is 6.07 Å². The van der Waals surface area contributed by atoms with Crippen LogP contribution in [-0.2, 0) is 6.42 Å². The summed E-state index contributed by atoms with van der Waals surface area (Å²) in [5.74, 6) is 0.323. The van der Waals surface area contributed by atoms with Crippen molar-refractivity contribution < 1.29 is 4.39 Å². The van der Waals surface area contributed by atoms with Gasteiger partial charge in [0.05, 0.1) is 0 Å². The highest BCUT2D eigenvalue weighted by Gasteiger charge is 2.10. The summed E-state index contributed by atoms with van der Waals surface area (Å²) in [6, 6.07) is 6.40. The van der Waals surface area contributed by atoms with Crippen LogP contribution in [0, 0.1) is 19.7 Å². The van der Waals surface area contributed by atoms with E-state index in [9.17, 15) is 4.39 Å². The third-order valence-electron chi connectivity index (χ3n) is 3.31. The van der Waals surface area contributed by atoms with Gasteiger partial charge >= 0.3 is 0 Å². The van der Waals surface area contributed by atoms with Gasteiger partial charge in [-0.2, -0.15) is 0 Å². The Morgan fingerprint density at radius 1 is 1.15 bits per heavy atom. The molecule has 0 aliphatic rings. The van der Waals surface area contributed by atoms with E-state index in [0.29, 0.717) is 5.82 Å². The molecule has 4 heteroatoms. The van der Waals surface area contributed by atoms with E-state index in [0.717, 1.165) is 36.5 Å². The fourth-order valence-corrected chi connectivity index (χ4v) is 2.25. The van der Waals surface area contributed by atoms with Crippen LogP contribution >= 0.6 is 0 Å². The lowest BCUT2D eigenvalue weighted by molar-refractivity contribution is 0.628. The van der Waals surface area contributed by atoms with Crippen molar-refractivity contribution in [3.63, 3.8) is 0 Å². The molecule has 2 rings (SSSR count). The average Bonchev–Trinajstić information content (AvgIpc) is 2.41. The van der Waals surface area contributed by atoms with Crippen molar-refractivity contribution in [3.05, 3.63) is 47.0 Å². The van der Waals surface area contributed by atoms with Crippen LogP contribution < -0.4 is 5.32 Å². The molecule has 0 radical (unpaired) electrons. The first-order valence-electron chi connectivity index (χ1n) is 6.92. The van der Waals surface area contributed by atoms with E-state index in [2.05, 4.69) is 22.2 Å². The van der Waals surface area contributed by atoms with Gasteiger partial charge in [0.1, 0.15) is 5.82 Å². The molecule has 0 saturated heterocycles. The Morgan fingerprint density at radius 2 is 1.85 bits per heavy atom. The first kappa shape index (κ1) is 14.6. The van der Waals surface area contributed by atoms with Crippen LogP contribution in [0.25, 0.3) is 11.4 Å². The largest absolute Gasteiger partial charge is 0.317 e. The van der Waals surface area contributed by atoms with Crippen molar-refractivity contribution in [2.75, 3.05) is 13.1 Å². The van der Waals surface area contributed by atoms with Crippen LogP contribution in [0.2, 0.25) is 0 Å². The Kier molecular flexibility index (Phi) is 4.79. The second kappa shape index (κ2) is 6.57. The summed E-state index contributed by atoms with van der Waals surface area (Å²) < 4.78 is 13.3. The lowest BCUT2D eigenvalue weighted by atomic mass is 10.1. The second-order valence-corrected chi connectivity index (χ2v) is 4.81. The van der Waals surface area contributed by atoms with Gasteiger partial charge < -0.3 is 5.32 Å². The van der Waals surface area contributed by atoms with Gasteiger partial charge in [-0.05, 0) is 51.1 Å². The maximum atomic E-state index is 13.3. The molecule has 0 amide bonds. The zero-order valence-electron chi connectivity index (χ0n) is 12.2. The zero-order chi connectivity index (χ0) is 14.5. The molecule has 0 spiro atoms. The van der Waals surface area contributed by atoms with Crippen LogP contribution in [-0.4, -0.2) is 23.1 Å². The number of halogens is 1. The van der Waals surface area contributed by atoms with Crippen molar-refractivity contribution in [2.24, 2.45) is 0 Å². The molecule has 0 bridgehead atoms. The van der Waals surface area contributed by atoms with Gasteiger partial charge in [0.25, 0.3) is 0 Å². The van der Waals surface area contributed by atoms with E-state index in [1.807, 2.05) is 19.9 Å². The second-order valence-electron chi connectivity index (χ2n) is 4.81. The first-order chi connectivity index (χ1) is 9.61. The van der Waals surface area contributed by atoms with Gasteiger partial charge in [-0.1, -0.05) is 19.1 Å². The number of hydrogen-bond donors (Lipinski definition) is 1. The highest BCUT2D eigenvalue weighted by atomic mass is 19.1. The Morgan fingerprint density at radius 3 is 2.45 bits per heavy atom. The lowest BCUT2D eigenvalue weighted by Crippen LogP contribution is -2.17. The van der Waals surface area contributed by atoms with Crippen molar-refractivity contribution in [3.8, 4) is 11.4 Å². The molecule has 106 valence electrons. The highest BCUT2D eigenvalue weighted by molar-refractivity contribution is 5.55. The molecule has 0 saturated carbocycles. The van der Waals surface area contributed by atoms with Gasteiger partial charge in [0.15, 0.2) is 5.82 Å². The molecule has 0 aliphatic heterocycles. The summed E-state index contributed by atoms with van der Waals surface area (Å²) in [5, 5.41) is 3.30. The van der Waals surface area contributed by atoms with Crippen molar-refractivity contribution in [2.45, 2.75) is 27.2 Å². The van der Waals surface area contributed by atoms with Gasteiger partial charge in [0.2, 0.25) is 0 Å². The molecule has 0 fully saturated rings. The summed E-state index contributed by atoms with van der Waals surface area (Å²) in [6.45, 7) is 7.93. The molecule has 0 atom stereocenters. The van der Waals surface area contributed by atoms with E-state index in [1.165, 1.54) is 17.7 Å². The number of hydrogen-bond acceptors (Lipinski definition) is 3. The molecule has 1 aromatic carbocycles. The Hall–Kier alpha value is -1.81. The van der Waals surface area contributed by atoms with Gasteiger partial charge in [-0.15, -0.1) is 0 Å². The minimum Gasteiger partial charge on any atom is -0.317 e. The van der Waals surface area contributed by atoms with Gasteiger partial charge in [-0.25, -0.2) is 14.4 Å². The van der Waals surface area contributed by atoms with Crippen molar-refractivity contribution >= 4 is 0 Å². The Balaban J connectivity index is 2.30. The van der Waals surface area contributed by atoms with Crippen LogP contribution in [0.4, 0.5) is 4.39 Å². The van der Waals surface area contributed by atoms with Crippen molar-refractivity contribution in [1.29, 1.82) is 0 Å². The minimum absolute atomic E-state index is 0.266. The van der Waals surface area contributed by atoms with Crippen LogP contribution in [0.1, 0.15) is 23.9 Å². The molecule has 0 aliphatic carbocycles. The van der Waals surface area contributed by atoms with E-state index in [-0.39, 0.29) is 5.82 Å². The molecule has 20 heavy (non-hydrogen) atoms. The molecular formula is C16H20FN3. The van der Waals surface area contributed by atoms with Gasteiger partial charge in [0, 0.05) is 17.0 Å².